The van der Waals surface area contributed by atoms with E-state index in [1.807, 2.05) is 0 Å². The predicted octanol–water partition coefficient (Wildman–Crippen LogP) is 2.46. The second-order valence-corrected chi connectivity index (χ2v) is 9.47. The molecule has 2 aliphatic heterocycles. The lowest BCUT2D eigenvalue weighted by atomic mass is 10.0. The van der Waals surface area contributed by atoms with Gasteiger partial charge in [0.2, 0.25) is 3.79 Å². The van der Waals surface area contributed by atoms with Crippen LogP contribution in [0.3, 0.4) is 0 Å². The number of hydrogen-bond donors (Lipinski definition) is 0. The number of carbonyl (C=O) groups is 1. The lowest BCUT2D eigenvalue weighted by Crippen LogP contribution is -2.49. The van der Waals surface area contributed by atoms with Crippen LogP contribution in [0.1, 0.15) is 25.7 Å². The summed E-state index contributed by atoms with van der Waals surface area (Å²) < 4.78 is 30.8. The van der Waals surface area contributed by atoms with E-state index in [9.17, 15) is 13.2 Å². The fraction of sp³-hybridized carbons (Fsp3) is 0.909. The van der Waals surface area contributed by atoms with Gasteiger partial charge in [0.1, 0.15) is 6.61 Å². The van der Waals surface area contributed by atoms with E-state index in [1.165, 1.54) is 0 Å². The Morgan fingerprint density at radius 1 is 1.24 bits per heavy atom. The molecule has 2 saturated heterocycles. The Morgan fingerprint density at radius 2 is 1.76 bits per heavy atom. The summed E-state index contributed by atoms with van der Waals surface area (Å²) in [6.07, 6.45) is 2.60. The summed E-state index contributed by atoms with van der Waals surface area (Å²) in [4.78, 5) is 13.7. The predicted molar refractivity (Wildman–Crippen MR) is 79.2 cm³/mol. The molecule has 122 valence electrons. The summed E-state index contributed by atoms with van der Waals surface area (Å²) in [5, 5.41) is 0. The minimum absolute atomic E-state index is 0.0987. The largest absolute Gasteiger partial charge is 0.445 e. The molecule has 2 bridgehead atoms. The average molecular weight is 381 g/mol. The maximum Gasteiger partial charge on any atom is 0.410 e. The first kappa shape index (κ1) is 17.4. The molecule has 1 amide bonds. The molecule has 0 aromatic carbocycles. The third-order valence-electron chi connectivity index (χ3n) is 3.57. The molecule has 2 atom stereocenters. The highest BCUT2D eigenvalue weighted by molar-refractivity contribution is 7.86. The van der Waals surface area contributed by atoms with Crippen LogP contribution in [-0.2, 0) is 19.0 Å². The molecule has 10 heteroatoms. The number of carbonyl (C=O) groups excluding carboxylic acids is 1. The van der Waals surface area contributed by atoms with Crippen LogP contribution in [0, 0.1) is 0 Å². The number of halogens is 3. The third-order valence-corrected chi connectivity index (χ3v) is 4.52. The number of rotatable bonds is 3. The summed E-state index contributed by atoms with van der Waals surface area (Å²) >= 11 is 16.6. The monoisotopic (exact) mass is 379 g/mol. The van der Waals surface area contributed by atoms with Crippen LogP contribution in [0.2, 0.25) is 0 Å². The Kier molecular flexibility index (Phi) is 5.20. The molecular formula is C11H16Cl3NO5S. The molecular weight excluding hydrogens is 365 g/mol. The van der Waals surface area contributed by atoms with Crippen molar-refractivity contribution >= 4 is 51.0 Å². The van der Waals surface area contributed by atoms with Gasteiger partial charge in [0.05, 0.1) is 12.4 Å². The van der Waals surface area contributed by atoms with Crippen LogP contribution >= 0.6 is 34.8 Å². The maximum atomic E-state index is 12.1. The molecule has 2 unspecified atom stereocenters. The quantitative estimate of drug-likeness (QED) is 0.555. The summed E-state index contributed by atoms with van der Waals surface area (Å²) in [7, 11) is -3.50. The first-order valence-corrected chi connectivity index (χ1v) is 9.40. The lowest BCUT2D eigenvalue weighted by Gasteiger charge is -2.37. The van der Waals surface area contributed by atoms with Gasteiger partial charge in [-0.2, -0.15) is 8.42 Å². The van der Waals surface area contributed by atoms with Crippen molar-refractivity contribution in [2.24, 2.45) is 0 Å². The van der Waals surface area contributed by atoms with Gasteiger partial charge in [0.15, 0.2) is 0 Å². The first-order chi connectivity index (χ1) is 9.55. The highest BCUT2D eigenvalue weighted by Gasteiger charge is 2.45. The zero-order valence-electron chi connectivity index (χ0n) is 11.3. The SMILES string of the molecule is CS(=O)(=O)OC1CC2CCC(C1)N2C(=O)OCC(Cl)(Cl)Cl. The zero-order valence-corrected chi connectivity index (χ0v) is 14.4. The number of amides is 1. The van der Waals surface area contributed by atoms with Crippen molar-refractivity contribution in [3.63, 3.8) is 0 Å². The van der Waals surface area contributed by atoms with E-state index in [1.54, 1.807) is 4.90 Å². The normalized spacial score (nSPS) is 29.5. The van der Waals surface area contributed by atoms with E-state index < -0.39 is 26.1 Å². The molecule has 2 fully saturated rings. The van der Waals surface area contributed by atoms with Crippen LogP contribution in [0.4, 0.5) is 4.79 Å². The summed E-state index contributed by atoms with van der Waals surface area (Å²) in [6, 6.07) is -0.197. The number of hydrogen-bond acceptors (Lipinski definition) is 5. The van der Waals surface area contributed by atoms with Gasteiger partial charge in [0.25, 0.3) is 10.1 Å². The van der Waals surface area contributed by atoms with E-state index in [4.69, 9.17) is 43.7 Å². The van der Waals surface area contributed by atoms with Crippen LogP contribution in [-0.4, -0.2) is 54.3 Å². The highest BCUT2D eigenvalue weighted by Crippen LogP contribution is 2.38. The molecule has 0 spiro atoms. The van der Waals surface area contributed by atoms with E-state index in [0.717, 1.165) is 19.1 Å². The van der Waals surface area contributed by atoms with Gasteiger partial charge in [-0.25, -0.2) is 4.79 Å². The Labute approximate surface area is 138 Å². The highest BCUT2D eigenvalue weighted by atomic mass is 35.6. The fourth-order valence-electron chi connectivity index (χ4n) is 2.97. The van der Waals surface area contributed by atoms with E-state index in [-0.39, 0.29) is 18.7 Å². The Hall–Kier alpha value is 0.0500. The zero-order chi connectivity index (χ0) is 15.8. The average Bonchev–Trinajstić information content (AvgIpc) is 2.55. The van der Waals surface area contributed by atoms with Crippen molar-refractivity contribution < 1.29 is 22.1 Å². The van der Waals surface area contributed by atoms with Crippen molar-refractivity contribution in [3.8, 4) is 0 Å². The molecule has 2 rings (SSSR count). The lowest BCUT2D eigenvalue weighted by molar-refractivity contribution is 0.0366. The molecule has 2 heterocycles. The fourth-order valence-corrected chi connectivity index (χ4v) is 3.78. The van der Waals surface area contributed by atoms with Gasteiger partial charge < -0.3 is 9.64 Å². The standard InChI is InChI=1S/C11H16Cl3NO5S/c1-21(17,18)20-9-4-7-2-3-8(5-9)15(7)10(16)19-6-11(12,13)14/h7-9H,2-6H2,1H3. The molecule has 2 aliphatic rings. The number of piperidine rings is 1. The van der Waals surface area contributed by atoms with Crippen LogP contribution in [0.15, 0.2) is 0 Å². The maximum absolute atomic E-state index is 12.1. The summed E-state index contributed by atoms with van der Waals surface area (Å²) in [5.41, 5.74) is 0. The van der Waals surface area contributed by atoms with Gasteiger partial charge in [0, 0.05) is 12.1 Å². The van der Waals surface area contributed by atoms with E-state index in [2.05, 4.69) is 0 Å². The minimum Gasteiger partial charge on any atom is -0.445 e. The Bertz CT molecular complexity index is 492. The van der Waals surface area contributed by atoms with Crippen molar-refractivity contribution in [3.05, 3.63) is 0 Å². The second kappa shape index (κ2) is 6.28. The van der Waals surface area contributed by atoms with Gasteiger partial charge in [-0.1, -0.05) is 34.8 Å². The third kappa shape index (κ3) is 5.03. The van der Waals surface area contributed by atoms with E-state index in [0.29, 0.717) is 12.8 Å². The van der Waals surface area contributed by atoms with Gasteiger partial charge >= 0.3 is 6.09 Å². The Balaban J connectivity index is 1.95. The van der Waals surface area contributed by atoms with Gasteiger partial charge in [-0.15, -0.1) is 0 Å². The summed E-state index contributed by atoms with van der Waals surface area (Å²) in [5.74, 6) is 0. The van der Waals surface area contributed by atoms with Crippen molar-refractivity contribution in [2.45, 2.75) is 47.7 Å². The van der Waals surface area contributed by atoms with Crippen LogP contribution < -0.4 is 0 Å². The number of ether oxygens (including phenoxy) is 1. The smallest absolute Gasteiger partial charge is 0.410 e. The van der Waals surface area contributed by atoms with Gasteiger partial charge in [-0.05, 0) is 25.7 Å². The van der Waals surface area contributed by atoms with E-state index >= 15 is 0 Å². The van der Waals surface area contributed by atoms with Crippen LogP contribution in [0.25, 0.3) is 0 Å². The van der Waals surface area contributed by atoms with Crippen molar-refractivity contribution in [1.82, 2.24) is 4.90 Å². The molecule has 0 radical (unpaired) electrons. The molecule has 0 aromatic rings. The van der Waals surface area contributed by atoms with Crippen LogP contribution in [0.5, 0.6) is 0 Å². The Morgan fingerprint density at radius 3 is 2.19 bits per heavy atom. The molecule has 0 aromatic heterocycles. The number of nitrogens with zero attached hydrogens (tertiary/aromatic N) is 1. The number of fused-ring (bicyclic) bond motifs is 2. The molecule has 0 saturated carbocycles. The first-order valence-electron chi connectivity index (χ1n) is 6.45. The summed E-state index contributed by atoms with van der Waals surface area (Å²) in [6.45, 7) is -0.324. The number of alkyl halides is 3. The molecule has 6 nitrogen and oxygen atoms in total. The van der Waals surface area contributed by atoms with Gasteiger partial charge in [-0.3, -0.25) is 4.18 Å². The molecule has 21 heavy (non-hydrogen) atoms. The minimum atomic E-state index is -3.50. The van der Waals surface area contributed by atoms with Crippen molar-refractivity contribution in [2.75, 3.05) is 12.9 Å². The topological polar surface area (TPSA) is 72.9 Å². The second-order valence-electron chi connectivity index (χ2n) is 5.36. The van der Waals surface area contributed by atoms with Crippen molar-refractivity contribution in [1.29, 1.82) is 0 Å². The molecule has 0 aliphatic carbocycles. The molecule has 0 N–H and O–H groups in total.